The normalized spacial score (nSPS) is 21.4. The Balaban J connectivity index is 2.87. The Morgan fingerprint density at radius 2 is 1.94 bits per heavy atom. The lowest BCUT2D eigenvalue weighted by Crippen LogP contribution is -2.64. The van der Waals surface area contributed by atoms with Crippen LogP contribution in [0.3, 0.4) is 0 Å². The van der Waals surface area contributed by atoms with Gasteiger partial charge in [-0.2, -0.15) is 11.8 Å². The number of rotatable bonds is 4. The molecule has 1 saturated heterocycles. The quantitative estimate of drug-likeness (QED) is 0.770. The van der Waals surface area contributed by atoms with Gasteiger partial charge in [0.2, 0.25) is 11.8 Å². The molecule has 1 aliphatic rings. The van der Waals surface area contributed by atoms with E-state index in [2.05, 4.69) is 5.32 Å². The van der Waals surface area contributed by atoms with Crippen molar-refractivity contribution in [3.63, 3.8) is 0 Å². The fourth-order valence-electron chi connectivity index (χ4n) is 1.62. The Bertz CT molecular complexity index is 355. The first-order valence-corrected chi connectivity index (χ1v) is 6.89. The maximum absolute atomic E-state index is 12.1. The Morgan fingerprint density at radius 3 is 2.47 bits per heavy atom. The van der Waals surface area contributed by atoms with Crippen LogP contribution in [-0.4, -0.2) is 40.8 Å². The summed E-state index contributed by atoms with van der Waals surface area (Å²) in [6.07, 6.45) is 2.70. The van der Waals surface area contributed by atoms with Gasteiger partial charge in [0.15, 0.2) is 0 Å². The third kappa shape index (κ3) is 2.62. The summed E-state index contributed by atoms with van der Waals surface area (Å²) in [6, 6.07) is -0.796. The molecular weight excluding hydrogens is 240 g/mol. The second-order valence-electron chi connectivity index (χ2n) is 4.69. The largest absolute Gasteiger partial charge is 0.331 e. The maximum Gasteiger partial charge on any atom is 0.331 e. The van der Waals surface area contributed by atoms with Crippen molar-refractivity contribution >= 4 is 29.6 Å². The van der Waals surface area contributed by atoms with Gasteiger partial charge >= 0.3 is 6.03 Å². The number of carbonyl (C=O) groups is 3. The van der Waals surface area contributed by atoms with Crippen molar-refractivity contribution in [1.82, 2.24) is 10.2 Å². The highest BCUT2D eigenvalue weighted by molar-refractivity contribution is 7.98. The molecule has 96 valence electrons. The van der Waals surface area contributed by atoms with Gasteiger partial charge in [-0.05, 0) is 39.2 Å². The predicted molar refractivity (Wildman–Crippen MR) is 66.6 cm³/mol. The Labute approximate surface area is 105 Å². The molecule has 17 heavy (non-hydrogen) atoms. The summed E-state index contributed by atoms with van der Waals surface area (Å²) in [6.45, 7) is 4.89. The van der Waals surface area contributed by atoms with Crippen molar-refractivity contribution in [2.45, 2.75) is 33.2 Å². The minimum atomic E-state index is -1.17. The second-order valence-corrected chi connectivity index (χ2v) is 5.68. The van der Waals surface area contributed by atoms with Gasteiger partial charge in [-0.1, -0.05) is 0 Å². The highest BCUT2D eigenvalue weighted by atomic mass is 32.2. The van der Waals surface area contributed by atoms with Crippen molar-refractivity contribution < 1.29 is 14.4 Å². The van der Waals surface area contributed by atoms with Crippen LogP contribution in [0.25, 0.3) is 0 Å². The van der Waals surface area contributed by atoms with Crippen molar-refractivity contribution in [3.8, 4) is 0 Å². The van der Waals surface area contributed by atoms with Crippen LogP contribution in [0.2, 0.25) is 0 Å². The lowest BCUT2D eigenvalue weighted by molar-refractivity contribution is -0.150. The standard InChI is InChI=1S/C11H18N2O3S/c1-7(5-6-17-4)13-9(15)11(2,3)8(14)12-10(13)16/h7H,5-6H2,1-4H3,(H,12,14,16). The molecule has 0 bridgehead atoms. The monoisotopic (exact) mass is 258 g/mol. The molecule has 1 unspecified atom stereocenters. The smallest absolute Gasteiger partial charge is 0.277 e. The molecule has 4 amide bonds. The van der Waals surface area contributed by atoms with Crippen LogP contribution in [0.4, 0.5) is 4.79 Å². The van der Waals surface area contributed by atoms with E-state index in [0.717, 1.165) is 17.1 Å². The van der Waals surface area contributed by atoms with Gasteiger partial charge in [0.25, 0.3) is 0 Å². The van der Waals surface area contributed by atoms with Gasteiger partial charge in [0.1, 0.15) is 5.41 Å². The van der Waals surface area contributed by atoms with Crippen LogP contribution in [0, 0.1) is 5.41 Å². The van der Waals surface area contributed by atoms with Gasteiger partial charge in [-0.25, -0.2) is 4.79 Å². The Morgan fingerprint density at radius 1 is 1.35 bits per heavy atom. The topological polar surface area (TPSA) is 66.5 Å². The first-order chi connectivity index (χ1) is 7.82. The van der Waals surface area contributed by atoms with Crippen molar-refractivity contribution in [3.05, 3.63) is 0 Å². The van der Waals surface area contributed by atoms with E-state index in [0.29, 0.717) is 0 Å². The van der Waals surface area contributed by atoms with E-state index in [4.69, 9.17) is 0 Å². The number of imide groups is 2. The third-order valence-electron chi connectivity index (χ3n) is 2.94. The average molecular weight is 258 g/mol. The molecule has 5 nitrogen and oxygen atoms in total. The van der Waals surface area contributed by atoms with Crippen LogP contribution in [0.15, 0.2) is 0 Å². The molecule has 1 rings (SSSR count). The summed E-state index contributed by atoms with van der Waals surface area (Å²) in [5, 5.41) is 2.23. The molecule has 1 aliphatic heterocycles. The molecule has 1 heterocycles. The van der Waals surface area contributed by atoms with E-state index in [1.807, 2.05) is 13.2 Å². The van der Waals surface area contributed by atoms with Gasteiger partial charge in [0.05, 0.1) is 0 Å². The van der Waals surface area contributed by atoms with Gasteiger partial charge in [-0.3, -0.25) is 19.8 Å². The fourth-order valence-corrected chi connectivity index (χ4v) is 2.20. The van der Waals surface area contributed by atoms with Crippen LogP contribution in [0.1, 0.15) is 27.2 Å². The maximum atomic E-state index is 12.1. The number of nitrogens with zero attached hydrogens (tertiary/aromatic N) is 1. The second kappa shape index (κ2) is 5.08. The van der Waals surface area contributed by atoms with E-state index < -0.39 is 23.3 Å². The Hall–Kier alpha value is -1.04. The molecule has 0 aromatic carbocycles. The van der Waals surface area contributed by atoms with Crippen molar-refractivity contribution in [2.24, 2.45) is 5.41 Å². The first kappa shape index (κ1) is 14.0. The van der Waals surface area contributed by atoms with Crippen LogP contribution >= 0.6 is 11.8 Å². The molecule has 0 aromatic heterocycles. The Kier molecular flexibility index (Phi) is 4.19. The lowest BCUT2D eigenvalue weighted by atomic mass is 9.88. The van der Waals surface area contributed by atoms with E-state index >= 15 is 0 Å². The van der Waals surface area contributed by atoms with Gasteiger partial charge in [-0.15, -0.1) is 0 Å². The van der Waals surface area contributed by atoms with Crippen LogP contribution < -0.4 is 5.32 Å². The highest BCUT2D eigenvalue weighted by Crippen LogP contribution is 2.25. The molecule has 1 atom stereocenters. The van der Waals surface area contributed by atoms with E-state index in [1.165, 1.54) is 13.8 Å². The molecule has 0 aliphatic carbocycles. The minimum Gasteiger partial charge on any atom is -0.277 e. The molecule has 1 N–H and O–H groups in total. The lowest BCUT2D eigenvalue weighted by Gasteiger charge is -2.37. The van der Waals surface area contributed by atoms with Crippen LogP contribution in [0.5, 0.6) is 0 Å². The number of nitrogens with one attached hydrogen (secondary N) is 1. The highest BCUT2D eigenvalue weighted by Gasteiger charge is 2.48. The SMILES string of the molecule is CSCCC(C)N1C(=O)NC(=O)C(C)(C)C1=O. The van der Waals surface area contributed by atoms with E-state index in [9.17, 15) is 14.4 Å². The van der Waals surface area contributed by atoms with Gasteiger partial charge < -0.3 is 0 Å². The van der Waals surface area contributed by atoms with Crippen molar-refractivity contribution in [1.29, 1.82) is 0 Å². The molecule has 0 spiro atoms. The molecular formula is C11H18N2O3S. The van der Waals surface area contributed by atoms with E-state index in [-0.39, 0.29) is 6.04 Å². The van der Waals surface area contributed by atoms with Gasteiger partial charge in [0, 0.05) is 6.04 Å². The van der Waals surface area contributed by atoms with Crippen molar-refractivity contribution in [2.75, 3.05) is 12.0 Å². The number of urea groups is 1. The minimum absolute atomic E-state index is 0.192. The fraction of sp³-hybridized carbons (Fsp3) is 0.727. The summed E-state index contributed by atoms with van der Waals surface area (Å²) in [4.78, 5) is 36.5. The van der Waals surface area contributed by atoms with E-state index in [1.54, 1.807) is 11.8 Å². The summed E-state index contributed by atoms with van der Waals surface area (Å²) in [5.41, 5.74) is -1.17. The first-order valence-electron chi connectivity index (χ1n) is 5.50. The summed E-state index contributed by atoms with van der Waals surface area (Å²) in [7, 11) is 0. The summed E-state index contributed by atoms with van der Waals surface area (Å²) >= 11 is 1.66. The summed E-state index contributed by atoms with van der Waals surface area (Å²) < 4.78 is 0. The molecule has 1 fully saturated rings. The number of carbonyl (C=O) groups excluding carboxylic acids is 3. The number of hydrogen-bond acceptors (Lipinski definition) is 4. The third-order valence-corrected chi connectivity index (χ3v) is 3.58. The molecule has 0 saturated carbocycles. The number of barbiturate groups is 1. The van der Waals surface area contributed by atoms with Crippen LogP contribution in [-0.2, 0) is 9.59 Å². The molecule has 0 aromatic rings. The zero-order valence-electron chi connectivity index (χ0n) is 10.6. The molecule has 6 heteroatoms. The number of amides is 4. The number of hydrogen-bond donors (Lipinski definition) is 1. The number of thioether (sulfide) groups is 1. The summed E-state index contributed by atoms with van der Waals surface area (Å²) in [5.74, 6) is -0.0762. The predicted octanol–water partition coefficient (Wildman–Crippen LogP) is 1.23. The average Bonchev–Trinajstić information content (AvgIpc) is 2.24. The zero-order chi connectivity index (χ0) is 13.2. The zero-order valence-corrected chi connectivity index (χ0v) is 11.4. The molecule has 0 radical (unpaired) electrons.